The Hall–Kier alpha value is -0.280. The molecule has 0 bridgehead atoms. The lowest BCUT2D eigenvalue weighted by Crippen LogP contribution is -1.90. The molecule has 4 heteroatoms. The third-order valence-corrected chi connectivity index (χ3v) is 2.72. The van der Waals surface area contributed by atoms with Gasteiger partial charge in [-0.05, 0) is 18.1 Å². The van der Waals surface area contributed by atoms with Gasteiger partial charge >= 0.3 is 0 Å². The van der Waals surface area contributed by atoms with E-state index in [2.05, 4.69) is 23.8 Å². The van der Waals surface area contributed by atoms with Crippen LogP contribution >= 0.6 is 23.4 Å². The van der Waals surface area contributed by atoms with Gasteiger partial charge in [-0.15, -0.1) is 11.8 Å². The first kappa shape index (κ1) is 10.8. The zero-order valence-corrected chi connectivity index (χ0v) is 9.40. The summed E-state index contributed by atoms with van der Waals surface area (Å²) in [5, 5.41) is 1.47. The predicted molar refractivity (Wildman–Crippen MR) is 57.2 cm³/mol. The summed E-state index contributed by atoms with van der Waals surface area (Å²) in [6.07, 6.45) is 2.70. The van der Waals surface area contributed by atoms with Gasteiger partial charge in [-0.25, -0.2) is 9.97 Å². The quantitative estimate of drug-likeness (QED) is 0.571. The fourth-order valence-electron chi connectivity index (χ4n) is 0.795. The molecule has 0 aliphatic heterocycles. The second-order valence-electron chi connectivity index (χ2n) is 3.21. The summed E-state index contributed by atoms with van der Waals surface area (Å²) < 4.78 is 0. The van der Waals surface area contributed by atoms with E-state index in [-0.39, 0.29) is 0 Å². The summed E-state index contributed by atoms with van der Waals surface area (Å²) in [4.78, 5) is 7.93. The summed E-state index contributed by atoms with van der Waals surface area (Å²) in [7, 11) is 0. The van der Waals surface area contributed by atoms with Crippen molar-refractivity contribution in [3.05, 3.63) is 17.5 Å². The Balaban J connectivity index is 2.37. The lowest BCUT2D eigenvalue weighted by molar-refractivity contribution is 0.632. The standard InChI is InChI=1S/C9H13ClN2S/c1-7(2)3-4-13-9-5-8(10)11-6-12-9/h5-7H,3-4H2,1-2H3. The minimum absolute atomic E-state index is 0.516. The van der Waals surface area contributed by atoms with Gasteiger partial charge in [0.1, 0.15) is 16.5 Å². The van der Waals surface area contributed by atoms with Crippen LogP contribution in [0.15, 0.2) is 17.4 Å². The number of halogens is 1. The molecule has 0 amide bonds. The van der Waals surface area contributed by atoms with E-state index in [1.165, 1.54) is 12.7 Å². The molecule has 0 unspecified atom stereocenters. The van der Waals surface area contributed by atoms with Crippen LogP contribution in [0, 0.1) is 5.92 Å². The van der Waals surface area contributed by atoms with Crippen LogP contribution < -0.4 is 0 Å². The van der Waals surface area contributed by atoms with Gasteiger partial charge in [-0.1, -0.05) is 25.4 Å². The normalized spacial score (nSPS) is 10.8. The Morgan fingerprint density at radius 2 is 2.23 bits per heavy atom. The van der Waals surface area contributed by atoms with Gasteiger partial charge in [0.25, 0.3) is 0 Å². The molecule has 0 fully saturated rings. The molecule has 2 nitrogen and oxygen atoms in total. The minimum atomic E-state index is 0.516. The summed E-state index contributed by atoms with van der Waals surface area (Å²) in [5.41, 5.74) is 0. The fraction of sp³-hybridized carbons (Fsp3) is 0.556. The highest BCUT2D eigenvalue weighted by molar-refractivity contribution is 7.99. The Kier molecular flexibility index (Phi) is 4.53. The van der Waals surface area contributed by atoms with Crippen LogP contribution in [0.2, 0.25) is 5.15 Å². The molecule has 0 N–H and O–H groups in total. The van der Waals surface area contributed by atoms with Gasteiger partial charge in [0.2, 0.25) is 0 Å². The van der Waals surface area contributed by atoms with E-state index < -0.39 is 0 Å². The zero-order chi connectivity index (χ0) is 9.68. The maximum atomic E-state index is 5.72. The highest BCUT2D eigenvalue weighted by atomic mass is 35.5. The van der Waals surface area contributed by atoms with E-state index >= 15 is 0 Å². The Bertz CT molecular complexity index is 266. The molecule has 1 heterocycles. The van der Waals surface area contributed by atoms with Crippen LogP contribution in [0.3, 0.4) is 0 Å². The summed E-state index contributed by atoms with van der Waals surface area (Å²) in [5.74, 6) is 1.83. The summed E-state index contributed by atoms with van der Waals surface area (Å²) in [6, 6.07) is 1.80. The number of hydrogen-bond donors (Lipinski definition) is 0. The van der Waals surface area contributed by atoms with Crippen LogP contribution in [-0.4, -0.2) is 15.7 Å². The molecular weight excluding hydrogens is 204 g/mol. The maximum Gasteiger partial charge on any atom is 0.133 e. The molecule has 0 aliphatic rings. The van der Waals surface area contributed by atoms with Crippen LogP contribution in [0.1, 0.15) is 20.3 Å². The Morgan fingerprint density at radius 3 is 2.85 bits per heavy atom. The molecule has 72 valence electrons. The number of rotatable bonds is 4. The van der Waals surface area contributed by atoms with Gasteiger partial charge in [0.15, 0.2) is 0 Å². The second-order valence-corrected chi connectivity index (χ2v) is 4.71. The lowest BCUT2D eigenvalue weighted by Gasteiger charge is -2.03. The van der Waals surface area contributed by atoms with Crippen molar-refractivity contribution in [1.29, 1.82) is 0 Å². The van der Waals surface area contributed by atoms with E-state index in [4.69, 9.17) is 11.6 Å². The summed E-state index contributed by atoms with van der Waals surface area (Å²) in [6.45, 7) is 4.43. The fourth-order valence-corrected chi connectivity index (χ4v) is 2.12. The molecule has 0 atom stereocenters. The first-order valence-corrected chi connectivity index (χ1v) is 5.65. The number of aromatic nitrogens is 2. The third-order valence-electron chi connectivity index (χ3n) is 1.55. The minimum Gasteiger partial charge on any atom is -0.230 e. The molecule has 1 aromatic heterocycles. The molecule has 1 aromatic rings. The average Bonchev–Trinajstić information content (AvgIpc) is 2.03. The molecule has 0 aliphatic carbocycles. The molecule has 0 spiro atoms. The van der Waals surface area contributed by atoms with Gasteiger partial charge in [0.05, 0.1) is 0 Å². The van der Waals surface area contributed by atoms with Gasteiger partial charge in [0, 0.05) is 6.07 Å². The average molecular weight is 217 g/mol. The number of hydrogen-bond acceptors (Lipinski definition) is 3. The molecule has 0 saturated carbocycles. The largest absolute Gasteiger partial charge is 0.230 e. The van der Waals surface area contributed by atoms with Crippen molar-refractivity contribution in [2.45, 2.75) is 25.3 Å². The molecule has 0 radical (unpaired) electrons. The van der Waals surface area contributed by atoms with Gasteiger partial charge < -0.3 is 0 Å². The van der Waals surface area contributed by atoms with Gasteiger partial charge in [-0.2, -0.15) is 0 Å². The molecule has 0 saturated heterocycles. The van der Waals surface area contributed by atoms with Crippen molar-refractivity contribution in [2.75, 3.05) is 5.75 Å². The second kappa shape index (κ2) is 5.45. The third kappa shape index (κ3) is 4.48. The van der Waals surface area contributed by atoms with E-state index in [1.807, 2.05) is 0 Å². The van der Waals surface area contributed by atoms with Crippen molar-refractivity contribution in [3.63, 3.8) is 0 Å². The van der Waals surface area contributed by atoms with Crippen LogP contribution in [-0.2, 0) is 0 Å². The zero-order valence-electron chi connectivity index (χ0n) is 7.83. The number of thioether (sulfide) groups is 1. The van der Waals surface area contributed by atoms with Crippen molar-refractivity contribution in [3.8, 4) is 0 Å². The van der Waals surface area contributed by atoms with Crippen LogP contribution in [0.4, 0.5) is 0 Å². The first-order valence-electron chi connectivity index (χ1n) is 4.29. The molecular formula is C9H13ClN2S. The predicted octanol–water partition coefficient (Wildman–Crippen LogP) is 3.27. The first-order chi connectivity index (χ1) is 6.18. The van der Waals surface area contributed by atoms with E-state index in [9.17, 15) is 0 Å². The van der Waals surface area contributed by atoms with E-state index in [1.54, 1.807) is 17.8 Å². The monoisotopic (exact) mass is 216 g/mol. The van der Waals surface area contributed by atoms with Gasteiger partial charge in [-0.3, -0.25) is 0 Å². The summed E-state index contributed by atoms with van der Waals surface area (Å²) >= 11 is 7.45. The maximum absolute atomic E-state index is 5.72. The Labute approximate surface area is 88.1 Å². The highest BCUT2D eigenvalue weighted by Gasteiger charge is 1.99. The van der Waals surface area contributed by atoms with E-state index in [0.29, 0.717) is 5.15 Å². The number of nitrogens with zero attached hydrogens (tertiary/aromatic N) is 2. The smallest absolute Gasteiger partial charge is 0.133 e. The topological polar surface area (TPSA) is 25.8 Å². The SMILES string of the molecule is CC(C)CCSc1cc(Cl)ncn1. The van der Waals surface area contributed by atoms with E-state index in [0.717, 1.165) is 16.7 Å². The van der Waals surface area contributed by atoms with Crippen molar-refractivity contribution in [1.82, 2.24) is 9.97 Å². The van der Waals surface area contributed by atoms with Crippen molar-refractivity contribution >= 4 is 23.4 Å². The van der Waals surface area contributed by atoms with Crippen molar-refractivity contribution in [2.24, 2.45) is 5.92 Å². The van der Waals surface area contributed by atoms with Crippen molar-refractivity contribution < 1.29 is 0 Å². The lowest BCUT2D eigenvalue weighted by atomic mass is 10.2. The molecule has 1 rings (SSSR count). The molecule has 0 aromatic carbocycles. The molecule has 13 heavy (non-hydrogen) atoms. The Morgan fingerprint density at radius 1 is 1.46 bits per heavy atom. The van der Waals surface area contributed by atoms with Crippen LogP contribution in [0.5, 0.6) is 0 Å². The van der Waals surface area contributed by atoms with Crippen LogP contribution in [0.25, 0.3) is 0 Å². The highest BCUT2D eigenvalue weighted by Crippen LogP contribution is 2.19.